The average molecular weight is 237 g/mol. The lowest BCUT2D eigenvalue weighted by molar-refractivity contribution is -0.155. The molecule has 1 atom stereocenters. The largest absolute Gasteiger partial charge is 0.455 e. The van der Waals surface area contributed by atoms with Crippen LogP contribution in [0.25, 0.3) is 0 Å². The molecule has 1 unspecified atom stereocenters. The molecule has 1 heterocycles. The molecule has 0 radical (unpaired) electrons. The minimum Gasteiger partial charge on any atom is -0.455 e. The van der Waals surface area contributed by atoms with E-state index in [1.165, 1.54) is 10.8 Å². The fraction of sp³-hybridized carbons (Fsp3) is 0.667. The van der Waals surface area contributed by atoms with Crippen LogP contribution in [0.2, 0.25) is 0 Å². The summed E-state index contributed by atoms with van der Waals surface area (Å²) in [6, 6.07) is -0.345. The number of hydrogen-bond donors (Lipinski definition) is 1. The predicted octanol–water partition coefficient (Wildman–Crippen LogP) is 1.86. The Kier molecular flexibility index (Phi) is 3.79. The summed E-state index contributed by atoms with van der Waals surface area (Å²) in [5.41, 5.74) is 6.30. The van der Waals surface area contributed by atoms with Gasteiger partial charge in [0.2, 0.25) is 0 Å². The van der Waals surface area contributed by atoms with Gasteiger partial charge in [-0.1, -0.05) is 0 Å². The van der Waals surface area contributed by atoms with Gasteiger partial charge in [-0.15, -0.1) is 0 Å². The molecule has 2 N–H and O–H groups in total. The van der Waals surface area contributed by atoms with Gasteiger partial charge in [-0.3, -0.25) is 4.57 Å². The van der Waals surface area contributed by atoms with Gasteiger partial charge in [-0.25, -0.2) is 4.98 Å². The van der Waals surface area contributed by atoms with E-state index in [-0.39, 0.29) is 12.1 Å². The topological polar surface area (TPSA) is 53.1 Å². The molecule has 0 fully saturated rings. The minimum atomic E-state index is -4.36. The molecule has 0 saturated carbocycles. The molecule has 7 heteroatoms. The number of imidazole rings is 1. The highest BCUT2D eigenvalue weighted by Crippen LogP contribution is 2.21. The molecule has 0 spiro atoms. The quantitative estimate of drug-likeness (QED) is 0.869. The number of nitrogens with zero attached hydrogens (tertiary/aromatic N) is 2. The molecule has 0 saturated heterocycles. The molecule has 4 nitrogen and oxygen atoms in total. The molecule has 0 aliphatic heterocycles. The van der Waals surface area contributed by atoms with Gasteiger partial charge in [0.05, 0.1) is 11.9 Å². The van der Waals surface area contributed by atoms with E-state index in [2.05, 4.69) is 9.72 Å². The van der Waals surface area contributed by atoms with Crippen LogP contribution in [0.5, 0.6) is 6.01 Å². The highest BCUT2D eigenvalue weighted by Gasteiger charge is 2.29. The van der Waals surface area contributed by atoms with Crippen LogP contribution in [0.1, 0.15) is 25.6 Å². The Hall–Kier alpha value is -1.24. The zero-order valence-electron chi connectivity index (χ0n) is 9.08. The molecule has 92 valence electrons. The number of nitrogens with two attached hydrogens (primary N) is 1. The first kappa shape index (κ1) is 12.8. The van der Waals surface area contributed by atoms with E-state index in [0.717, 1.165) is 0 Å². The molecular formula is C9H14F3N3O. The summed E-state index contributed by atoms with van der Waals surface area (Å²) in [6.07, 6.45) is -2.93. The van der Waals surface area contributed by atoms with E-state index in [9.17, 15) is 13.2 Å². The van der Waals surface area contributed by atoms with Crippen molar-refractivity contribution in [3.05, 3.63) is 11.9 Å². The SMILES string of the molecule is CCn1c(C(C)N)cnc1OCC(F)(F)F. The standard InChI is InChI=1S/C9H14F3N3O/c1-3-15-7(6(2)13)4-14-8(15)16-5-9(10,11)12/h4,6H,3,5,13H2,1-2H3. The van der Waals surface area contributed by atoms with Crippen LogP contribution < -0.4 is 10.5 Å². The molecule has 1 aromatic rings. The van der Waals surface area contributed by atoms with Crippen molar-refractivity contribution in [3.8, 4) is 6.01 Å². The number of halogens is 3. The van der Waals surface area contributed by atoms with Crippen molar-refractivity contribution in [1.29, 1.82) is 0 Å². The number of ether oxygens (including phenoxy) is 1. The number of rotatable bonds is 4. The van der Waals surface area contributed by atoms with Gasteiger partial charge in [-0.2, -0.15) is 13.2 Å². The van der Waals surface area contributed by atoms with Crippen molar-refractivity contribution in [2.24, 2.45) is 5.73 Å². The maximum absolute atomic E-state index is 12.0. The normalized spacial score (nSPS) is 13.9. The third kappa shape index (κ3) is 3.13. The predicted molar refractivity (Wildman–Crippen MR) is 52.1 cm³/mol. The van der Waals surface area contributed by atoms with Crippen LogP contribution in [-0.4, -0.2) is 22.3 Å². The molecule has 0 aliphatic rings. The van der Waals surface area contributed by atoms with Crippen molar-refractivity contribution < 1.29 is 17.9 Å². The first-order valence-electron chi connectivity index (χ1n) is 4.85. The summed E-state index contributed by atoms with van der Waals surface area (Å²) < 4.78 is 42.0. The Morgan fingerprint density at radius 3 is 2.62 bits per heavy atom. The van der Waals surface area contributed by atoms with Crippen molar-refractivity contribution in [2.45, 2.75) is 32.6 Å². The van der Waals surface area contributed by atoms with Crippen LogP contribution in [0, 0.1) is 0 Å². The number of hydrogen-bond acceptors (Lipinski definition) is 3. The second-order valence-corrected chi connectivity index (χ2v) is 3.40. The maximum Gasteiger partial charge on any atom is 0.422 e. The first-order valence-corrected chi connectivity index (χ1v) is 4.85. The lowest BCUT2D eigenvalue weighted by Crippen LogP contribution is -2.21. The molecular weight excluding hydrogens is 223 g/mol. The molecule has 0 aliphatic carbocycles. The van der Waals surface area contributed by atoms with Crippen molar-refractivity contribution in [1.82, 2.24) is 9.55 Å². The van der Waals surface area contributed by atoms with Gasteiger partial charge < -0.3 is 10.5 Å². The van der Waals surface area contributed by atoms with Gasteiger partial charge in [0.1, 0.15) is 0 Å². The number of aromatic nitrogens is 2. The van der Waals surface area contributed by atoms with Crippen LogP contribution in [0.4, 0.5) is 13.2 Å². The zero-order chi connectivity index (χ0) is 12.3. The summed E-state index contributed by atoms with van der Waals surface area (Å²) in [5.74, 6) is 0. The molecule has 0 amide bonds. The van der Waals surface area contributed by atoms with Crippen molar-refractivity contribution in [3.63, 3.8) is 0 Å². The van der Waals surface area contributed by atoms with Crippen LogP contribution >= 0.6 is 0 Å². The lowest BCUT2D eigenvalue weighted by atomic mass is 10.3. The van der Waals surface area contributed by atoms with Crippen LogP contribution in [0.3, 0.4) is 0 Å². The summed E-state index contributed by atoms with van der Waals surface area (Å²) >= 11 is 0. The highest BCUT2D eigenvalue weighted by molar-refractivity contribution is 5.12. The smallest absolute Gasteiger partial charge is 0.422 e. The fourth-order valence-corrected chi connectivity index (χ4v) is 1.31. The monoisotopic (exact) mass is 237 g/mol. The molecule has 0 bridgehead atoms. The third-order valence-corrected chi connectivity index (χ3v) is 2.00. The van der Waals surface area contributed by atoms with Gasteiger partial charge in [0.15, 0.2) is 6.61 Å². The minimum absolute atomic E-state index is 0.0490. The Balaban J connectivity index is 2.81. The maximum atomic E-state index is 12.0. The van der Waals surface area contributed by atoms with Gasteiger partial charge in [-0.05, 0) is 13.8 Å². The summed E-state index contributed by atoms with van der Waals surface area (Å²) in [4.78, 5) is 3.77. The Morgan fingerprint density at radius 1 is 1.56 bits per heavy atom. The molecule has 1 aromatic heterocycles. The van der Waals surface area contributed by atoms with E-state index in [1.807, 2.05) is 0 Å². The van der Waals surface area contributed by atoms with Crippen molar-refractivity contribution in [2.75, 3.05) is 6.61 Å². The van der Waals surface area contributed by atoms with Gasteiger partial charge in [0, 0.05) is 12.6 Å². The Labute approximate surface area is 91.2 Å². The van der Waals surface area contributed by atoms with Crippen LogP contribution in [0.15, 0.2) is 6.20 Å². The second kappa shape index (κ2) is 4.73. The highest BCUT2D eigenvalue weighted by atomic mass is 19.4. The van der Waals surface area contributed by atoms with Gasteiger partial charge >= 0.3 is 6.18 Å². The van der Waals surface area contributed by atoms with Gasteiger partial charge in [0.25, 0.3) is 6.01 Å². The number of alkyl halides is 3. The average Bonchev–Trinajstić information content (AvgIpc) is 2.56. The molecule has 0 aromatic carbocycles. The summed E-state index contributed by atoms with van der Waals surface area (Å²) in [5, 5.41) is 0. The second-order valence-electron chi connectivity index (χ2n) is 3.40. The molecule has 16 heavy (non-hydrogen) atoms. The van der Waals surface area contributed by atoms with E-state index >= 15 is 0 Å². The van der Waals surface area contributed by atoms with E-state index in [0.29, 0.717) is 12.2 Å². The van der Waals surface area contributed by atoms with E-state index in [4.69, 9.17) is 5.73 Å². The zero-order valence-corrected chi connectivity index (χ0v) is 9.08. The summed E-state index contributed by atoms with van der Waals surface area (Å²) in [6.45, 7) is 2.64. The van der Waals surface area contributed by atoms with Crippen LogP contribution in [-0.2, 0) is 6.54 Å². The van der Waals surface area contributed by atoms with E-state index < -0.39 is 12.8 Å². The third-order valence-electron chi connectivity index (χ3n) is 2.00. The Morgan fingerprint density at radius 2 is 2.19 bits per heavy atom. The Bertz CT molecular complexity index is 346. The van der Waals surface area contributed by atoms with E-state index in [1.54, 1.807) is 13.8 Å². The van der Waals surface area contributed by atoms with Crippen molar-refractivity contribution >= 4 is 0 Å². The molecule has 1 rings (SSSR count). The lowest BCUT2D eigenvalue weighted by Gasteiger charge is -2.12. The fourth-order valence-electron chi connectivity index (χ4n) is 1.31. The summed E-state index contributed by atoms with van der Waals surface area (Å²) in [7, 11) is 0. The first-order chi connectivity index (χ1) is 7.35.